The number of hydrogen-bond acceptors (Lipinski definition) is 4. The van der Waals surface area contributed by atoms with Crippen molar-refractivity contribution in [3.63, 3.8) is 0 Å². The van der Waals surface area contributed by atoms with E-state index in [2.05, 4.69) is 22.2 Å². The molecule has 1 heterocycles. The third kappa shape index (κ3) is 3.48. The van der Waals surface area contributed by atoms with Crippen molar-refractivity contribution >= 4 is 17.4 Å². The van der Waals surface area contributed by atoms with Crippen LogP contribution in [0.2, 0.25) is 5.02 Å². The maximum Gasteiger partial charge on any atom is 0.318 e. The summed E-state index contributed by atoms with van der Waals surface area (Å²) in [6.07, 6.45) is 6.83. The zero-order chi connectivity index (χ0) is 13.0. The molecule has 2 atom stereocenters. The molecule has 1 aromatic rings. The Balaban J connectivity index is 1.92. The lowest BCUT2D eigenvalue weighted by atomic mass is 9.82. The lowest BCUT2D eigenvalue weighted by Crippen LogP contribution is -2.21. The van der Waals surface area contributed by atoms with Crippen molar-refractivity contribution < 1.29 is 4.74 Å². The van der Waals surface area contributed by atoms with E-state index in [-0.39, 0.29) is 0 Å². The minimum Gasteiger partial charge on any atom is -0.467 e. The summed E-state index contributed by atoms with van der Waals surface area (Å²) in [5, 5.41) is 3.86. The Morgan fingerprint density at radius 1 is 1.50 bits per heavy atom. The lowest BCUT2D eigenvalue weighted by Gasteiger charge is -2.27. The molecule has 1 aromatic heterocycles. The van der Waals surface area contributed by atoms with Crippen molar-refractivity contribution in [3.8, 4) is 6.01 Å². The summed E-state index contributed by atoms with van der Waals surface area (Å²) < 4.78 is 5.00. The zero-order valence-corrected chi connectivity index (χ0v) is 11.7. The molecule has 5 heteroatoms. The van der Waals surface area contributed by atoms with Crippen molar-refractivity contribution in [2.75, 3.05) is 19.0 Å². The zero-order valence-electron chi connectivity index (χ0n) is 10.9. The Labute approximate surface area is 113 Å². The maximum absolute atomic E-state index is 6.06. The van der Waals surface area contributed by atoms with Gasteiger partial charge in [0.1, 0.15) is 5.02 Å². The topological polar surface area (TPSA) is 47.0 Å². The number of aromatic nitrogens is 2. The predicted molar refractivity (Wildman–Crippen MR) is 73.2 cm³/mol. The second kappa shape index (κ2) is 6.23. The molecule has 18 heavy (non-hydrogen) atoms. The summed E-state index contributed by atoms with van der Waals surface area (Å²) in [4.78, 5) is 8.18. The second-order valence-electron chi connectivity index (χ2n) is 5.07. The van der Waals surface area contributed by atoms with E-state index >= 15 is 0 Å². The van der Waals surface area contributed by atoms with Gasteiger partial charge in [-0.1, -0.05) is 31.4 Å². The molecule has 1 saturated carbocycles. The minimum absolute atomic E-state index is 0.346. The van der Waals surface area contributed by atoms with Crippen LogP contribution < -0.4 is 10.1 Å². The quantitative estimate of drug-likeness (QED) is 0.910. The molecule has 0 aromatic carbocycles. The van der Waals surface area contributed by atoms with Crippen LogP contribution >= 0.6 is 11.6 Å². The molecule has 0 spiro atoms. The molecule has 1 aliphatic carbocycles. The summed E-state index contributed by atoms with van der Waals surface area (Å²) >= 11 is 6.06. The van der Waals surface area contributed by atoms with Crippen LogP contribution in [0.4, 0.5) is 5.82 Å². The fourth-order valence-corrected chi connectivity index (χ4v) is 2.72. The molecule has 1 aliphatic rings. The highest BCUT2D eigenvalue weighted by atomic mass is 35.5. The number of methoxy groups -OCH3 is 1. The highest BCUT2D eigenvalue weighted by Crippen LogP contribution is 2.29. The molecule has 2 rings (SSSR count). The van der Waals surface area contributed by atoms with Gasteiger partial charge in [-0.2, -0.15) is 4.98 Å². The predicted octanol–water partition coefficient (Wildman–Crippen LogP) is 3.38. The smallest absolute Gasteiger partial charge is 0.318 e. The highest BCUT2D eigenvalue weighted by molar-refractivity contribution is 6.32. The van der Waals surface area contributed by atoms with Crippen LogP contribution in [0, 0.1) is 11.8 Å². The van der Waals surface area contributed by atoms with Gasteiger partial charge < -0.3 is 10.1 Å². The Bertz CT molecular complexity index is 400. The van der Waals surface area contributed by atoms with Crippen LogP contribution in [0.15, 0.2) is 6.20 Å². The number of halogens is 1. The summed E-state index contributed by atoms with van der Waals surface area (Å²) in [6.45, 7) is 3.25. The second-order valence-corrected chi connectivity index (χ2v) is 5.48. The first kappa shape index (κ1) is 13.4. The van der Waals surface area contributed by atoms with Crippen LogP contribution in [0.3, 0.4) is 0 Å². The summed E-state index contributed by atoms with van der Waals surface area (Å²) in [5.74, 6) is 2.22. The van der Waals surface area contributed by atoms with Gasteiger partial charge in [0.25, 0.3) is 0 Å². The molecule has 100 valence electrons. The van der Waals surface area contributed by atoms with E-state index < -0.39 is 0 Å². The first-order chi connectivity index (χ1) is 8.69. The van der Waals surface area contributed by atoms with Crippen LogP contribution in [-0.2, 0) is 0 Å². The van der Waals surface area contributed by atoms with Gasteiger partial charge in [0.15, 0.2) is 5.82 Å². The number of hydrogen-bond donors (Lipinski definition) is 1. The van der Waals surface area contributed by atoms with E-state index in [9.17, 15) is 0 Å². The van der Waals surface area contributed by atoms with Gasteiger partial charge in [-0.25, -0.2) is 4.98 Å². The number of rotatable bonds is 4. The monoisotopic (exact) mass is 269 g/mol. The number of ether oxygens (including phenoxy) is 1. The molecular weight excluding hydrogens is 250 g/mol. The van der Waals surface area contributed by atoms with E-state index in [0.717, 1.165) is 12.5 Å². The van der Waals surface area contributed by atoms with Crippen molar-refractivity contribution in [3.05, 3.63) is 11.2 Å². The SMILES string of the molecule is COc1ncc(Cl)c(NCC2CCCC(C)C2)n1. The van der Waals surface area contributed by atoms with Gasteiger partial charge >= 0.3 is 6.01 Å². The highest BCUT2D eigenvalue weighted by Gasteiger charge is 2.19. The van der Waals surface area contributed by atoms with Crippen molar-refractivity contribution in [1.82, 2.24) is 9.97 Å². The van der Waals surface area contributed by atoms with E-state index in [4.69, 9.17) is 16.3 Å². The van der Waals surface area contributed by atoms with Crippen LogP contribution in [0.5, 0.6) is 6.01 Å². The summed E-state index contributed by atoms with van der Waals surface area (Å²) in [5.41, 5.74) is 0. The van der Waals surface area contributed by atoms with E-state index in [1.165, 1.54) is 25.7 Å². The molecule has 0 amide bonds. The Kier molecular flexibility index (Phi) is 4.64. The van der Waals surface area contributed by atoms with E-state index in [1.807, 2.05) is 0 Å². The lowest BCUT2D eigenvalue weighted by molar-refractivity contribution is 0.293. The van der Waals surface area contributed by atoms with E-state index in [0.29, 0.717) is 22.8 Å². The van der Waals surface area contributed by atoms with Gasteiger partial charge in [0.05, 0.1) is 13.3 Å². The molecule has 4 nitrogen and oxygen atoms in total. The fraction of sp³-hybridized carbons (Fsp3) is 0.692. The molecule has 0 radical (unpaired) electrons. The molecular formula is C13H20ClN3O. The average Bonchev–Trinajstić information content (AvgIpc) is 2.38. The van der Waals surface area contributed by atoms with E-state index in [1.54, 1.807) is 13.3 Å². The van der Waals surface area contributed by atoms with Crippen LogP contribution in [-0.4, -0.2) is 23.6 Å². The molecule has 2 unspecified atom stereocenters. The van der Waals surface area contributed by atoms with Crippen molar-refractivity contribution in [2.24, 2.45) is 11.8 Å². The fourth-order valence-electron chi connectivity index (χ4n) is 2.56. The first-order valence-corrected chi connectivity index (χ1v) is 6.87. The summed E-state index contributed by atoms with van der Waals surface area (Å²) in [6, 6.07) is 0.346. The van der Waals surface area contributed by atoms with Gasteiger partial charge in [-0.15, -0.1) is 0 Å². The van der Waals surface area contributed by atoms with Gasteiger partial charge in [0.2, 0.25) is 0 Å². The van der Waals surface area contributed by atoms with Gasteiger partial charge in [-0.05, 0) is 24.7 Å². The maximum atomic E-state index is 6.06. The standard InChI is InChI=1S/C13H20ClN3O/c1-9-4-3-5-10(6-9)7-15-12-11(14)8-16-13(17-12)18-2/h8-10H,3-7H2,1-2H3,(H,15,16,17). The molecule has 1 N–H and O–H groups in total. The Morgan fingerprint density at radius 2 is 2.33 bits per heavy atom. The normalized spacial score (nSPS) is 23.7. The van der Waals surface area contributed by atoms with Gasteiger partial charge in [-0.3, -0.25) is 0 Å². The molecule has 0 bridgehead atoms. The summed E-state index contributed by atoms with van der Waals surface area (Å²) in [7, 11) is 1.55. The van der Waals surface area contributed by atoms with Crippen molar-refractivity contribution in [2.45, 2.75) is 32.6 Å². The molecule has 0 aliphatic heterocycles. The Morgan fingerprint density at radius 3 is 3.06 bits per heavy atom. The average molecular weight is 270 g/mol. The number of anilines is 1. The molecule has 1 fully saturated rings. The van der Waals surface area contributed by atoms with Crippen LogP contribution in [0.1, 0.15) is 32.6 Å². The van der Waals surface area contributed by atoms with Crippen molar-refractivity contribution in [1.29, 1.82) is 0 Å². The van der Waals surface area contributed by atoms with Gasteiger partial charge in [0, 0.05) is 6.54 Å². The third-order valence-corrected chi connectivity index (χ3v) is 3.78. The molecule has 0 saturated heterocycles. The first-order valence-electron chi connectivity index (χ1n) is 6.49. The Hall–Kier alpha value is -1.03. The minimum atomic E-state index is 0.346. The largest absolute Gasteiger partial charge is 0.467 e. The third-order valence-electron chi connectivity index (χ3n) is 3.51. The number of nitrogens with zero attached hydrogens (tertiary/aromatic N) is 2. The van der Waals surface area contributed by atoms with Crippen LogP contribution in [0.25, 0.3) is 0 Å². The number of nitrogens with one attached hydrogen (secondary N) is 1.